The number of hydrogen-bond acceptors (Lipinski definition) is 6. The largest absolute Gasteiger partial charge is 0.493 e. The van der Waals surface area contributed by atoms with Crippen molar-refractivity contribution in [3.05, 3.63) is 56.5 Å². The average Bonchev–Trinajstić information content (AvgIpc) is 2.75. The average molecular weight is 541 g/mol. The fraction of sp³-hybridized carbons (Fsp3) is 0.333. The van der Waals surface area contributed by atoms with E-state index in [4.69, 9.17) is 14.2 Å². The van der Waals surface area contributed by atoms with Crippen LogP contribution in [0.4, 0.5) is 0 Å². The van der Waals surface area contributed by atoms with Crippen molar-refractivity contribution in [3.63, 3.8) is 0 Å². The number of methoxy groups -OCH3 is 1. The molecule has 0 unspecified atom stereocenters. The minimum atomic E-state index is -0.161. The van der Waals surface area contributed by atoms with Crippen molar-refractivity contribution in [1.82, 2.24) is 10.3 Å². The number of nitrogens with one attached hydrogen (secondary N) is 1. The summed E-state index contributed by atoms with van der Waals surface area (Å²) in [6.45, 7) is 3.53. The standard InChI is InChI=1S/C21H23Br2N3O4/c1-28-19-10-16(12-24-25-21(27)13-26-6-8-29-9-7-26)18(23)11-20(19)30-14-15-2-4-17(22)5-3-15/h2-5,10-12H,6-9,13-14H2,1H3,(H,25,27)/b24-12+. The van der Waals surface area contributed by atoms with Crippen LogP contribution in [0.25, 0.3) is 0 Å². The van der Waals surface area contributed by atoms with Crippen LogP contribution in [0, 0.1) is 0 Å². The molecule has 160 valence electrons. The number of hydrazone groups is 1. The first kappa shape index (κ1) is 22.7. The van der Waals surface area contributed by atoms with Crippen molar-refractivity contribution >= 4 is 44.0 Å². The minimum Gasteiger partial charge on any atom is -0.493 e. The van der Waals surface area contributed by atoms with Crippen LogP contribution in [-0.2, 0) is 16.1 Å². The lowest BCUT2D eigenvalue weighted by atomic mass is 10.2. The third-order valence-electron chi connectivity index (χ3n) is 4.45. The molecule has 1 saturated heterocycles. The van der Waals surface area contributed by atoms with Crippen molar-refractivity contribution in [3.8, 4) is 11.5 Å². The van der Waals surface area contributed by atoms with Gasteiger partial charge >= 0.3 is 0 Å². The van der Waals surface area contributed by atoms with E-state index >= 15 is 0 Å². The molecule has 0 spiro atoms. The van der Waals surface area contributed by atoms with Crippen LogP contribution in [0.15, 0.2) is 50.4 Å². The summed E-state index contributed by atoms with van der Waals surface area (Å²) < 4.78 is 18.5. The second-order valence-electron chi connectivity index (χ2n) is 6.62. The first-order valence-corrected chi connectivity index (χ1v) is 11.0. The van der Waals surface area contributed by atoms with Gasteiger partial charge in [0.05, 0.1) is 33.1 Å². The van der Waals surface area contributed by atoms with Crippen LogP contribution in [0.3, 0.4) is 0 Å². The molecule has 3 rings (SSSR count). The van der Waals surface area contributed by atoms with Crippen LogP contribution in [0.5, 0.6) is 11.5 Å². The van der Waals surface area contributed by atoms with Crippen molar-refractivity contribution in [2.75, 3.05) is 40.0 Å². The molecule has 2 aromatic rings. The van der Waals surface area contributed by atoms with Gasteiger partial charge in [-0.05, 0) is 45.8 Å². The maximum absolute atomic E-state index is 12.0. The molecule has 1 heterocycles. The topological polar surface area (TPSA) is 72.4 Å². The summed E-state index contributed by atoms with van der Waals surface area (Å²) in [4.78, 5) is 14.1. The maximum Gasteiger partial charge on any atom is 0.254 e. The van der Waals surface area contributed by atoms with Crippen molar-refractivity contribution in [2.24, 2.45) is 5.10 Å². The van der Waals surface area contributed by atoms with Crippen molar-refractivity contribution in [1.29, 1.82) is 0 Å². The highest BCUT2D eigenvalue weighted by molar-refractivity contribution is 9.10. The molecule has 0 saturated carbocycles. The van der Waals surface area contributed by atoms with Gasteiger partial charge in [-0.25, -0.2) is 5.43 Å². The molecule has 1 aliphatic rings. The highest BCUT2D eigenvalue weighted by atomic mass is 79.9. The third kappa shape index (κ3) is 6.80. The number of nitrogens with zero attached hydrogens (tertiary/aromatic N) is 2. The number of ether oxygens (including phenoxy) is 3. The zero-order valence-corrected chi connectivity index (χ0v) is 19.7. The molecular weight excluding hydrogens is 518 g/mol. The minimum absolute atomic E-state index is 0.161. The summed E-state index contributed by atoms with van der Waals surface area (Å²) in [7, 11) is 1.58. The summed E-state index contributed by atoms with van der Waals surface area (Å²) in [6, 6.07) is 11.6. The third-order valence-corrected chi connectivity index (χ3v) is 5.67. The van der Waals surface area contributed by atoms with E-state index in [0.29, 0.717) is 37.9 Å². The molecule has 7 nitrogen and oxygen atoms in total. The molecule has 0 radical (unpaired) electrons. The zero-order chi connectivity index (χ0) is 21.3. The van der Waals surface area contributed by atoms with Gasteiger partial charge in [-0.15, -0.1) is 0 Å². The van der Waals surface area contributed by atoms with Gasteiger partial charge < -0.3 is 14.2 Å². The van der Waals surface area contributed by atoms with Gasteiger partial charge in [-0.2, -0.15) is 5.10 Å². The first-order valence-electron chi connectivity index (χ1n) is 9.42. The van der Waals surface area contributed by atoms with E-state index in [1.54, 1.807) is 19.4 Å². The summed E-state index contributed by atoms with van der Waals surface area (Å²) >= 11 is 6.95. The molecule has 9 heteroatoms. The Morgan fingerprint density at radius 2 is 1.93 bits per heavy atom. The van der Waals surface area contributed by atoms with Crippen LogP contribution in [-0.4, -0.2) is 57.0 Å². The SMILES string of the molecule is COc1cc(/C=N/NC(=O)CN2CCOCC2)c(Br)cc1OCc1ccc(Br)cc1. The normalized spacial score (nSPS) is 14.6. The number of amides is 1. The lowest BCUT2D eigenvalue weighted by Gasteiger charge is -2.25. The van der Waals surface area contributed by atoms with E-state index in [1.807, 2.05) is 35.2 Å². The Bertz CT molecular complexity index is 885. The summed E-state index contributed by atoms with van der Waals surface area (Å²) in [6.07, 6.45) is 1.57. The molecule has 0 atom stereocenters. The molecule has 1 amide bonds. The maximum atomic E-state index is 12.0. The van der Waals surface area contributed by atoms with Gasteiger partial charge in [0.25, 0.3) is 5.91 Å². The van der Waals surface area contributed by atoms with Crippen LogP contribution >= 0.6 is 31.9 Å². The van der Waals surface area contributed by atoms with Gasteiger partial charge in [-0.3, -0.25) is 9.69 Å². The predicted molar refractivity (Wildman–Crippen MR) is 122 cm³/mol. The fourth-order valence-corrected chi connectivity index (χ4v) is 3.52. The highest BCUT2D eigenvalue weighted by Crippen LogP contribution is 2.33. The number of morpholine rings is 1. The molecule has 0 aliphatic carbocycles. The Balaban J connectivity index is 1.59. The molecular formula is C21H23Br2N3O4. The van der Waals surface area contributed by atoms with E-state index in [2.05, 4.69) is 42.4 Å². The highest BCUT2D eigenvalue weighted by Gasteiger charge is 2.14. The van der Waals surface area contributed by atoms with Crippen LogP contribution in [0.1, 0.15) is 11.1 Å². The zero-order valence-electron chi connectivity index (χ0n) is 16.6. The first-order chi connectivity index (χ1) is 14.5. The van der Waals surface area contributed by atoms with E-state index in [9.17, 15) is 4.79 Å². The summed E-state index contributed by atoms with van der Waals surface area (Å²) in [5.41, 5.74) is 4.37. The van der Waals surface area contributed by atoms with Gasteiger partial charge in [0, 0.05) is 27.6 Å². The number of halogens is 2. The van der Waals surface area contributed by atoms with Gasteiger partial charge in [0.2, 0.25) is 0 Å². The van der Waals surface area contributed by atoms with Gasteiger partial charge in [-0.1, -0.05) is 28.1 Å². The molecule has 30 heavy (non-hydrogen) atoms. The lowest BCUT2D eigenvalue weighted by Crippen LogP contribution is -2.42. The molecule has 2 aromatic carbocycles. The number of benzene rings is 2. The number of rotatable bonds is 8. The smallest absolute Gasteiger partial charge is 0.254 e. The molecule has 1 fully saturated rings. The van der Waals surface area contributed by atoms with Crippen LogP contribution in [0.2, 0.25) is 0 Å². The van der Waals surface area contributed by atoms with Crippen molar-refractivity contribution in [2.45, 2.75) is 6.61 Å². The monoisotopic (exact) mass is 539 g/mol. The van der Waals surface area contributed by atoms with Gasteiger partial charge in [0.15, 0.2) is 11.5 Å². The molecule has 1 N–H and O–H groups in total. The summed E-state index contributed by atoms with van der Waals surface area (Å²) in [5, 5.41) is 4.06. The van der Waals surface area contributed by atoms with Crippen molar-refractivity contribution < 1.29 is 19.0 Å². The second-order valence-corrected chi connectivity index (χ2v) is 8.39. The summed E-state index contributed by atoms with van der Waals surface area (Å²) in [5.74, 6) is 1.03. The van der Waals surface area contributed by atoms with E-state index < -0.39 is 0 Å². The Labute approximate surface area is 192 Å². The van der Waals surface area contributed by atoms with Gasteiger partial charge in [0.1, 0.15) is 6.61 Å². The van der Waals surface area contributed by atoms with E-state index in [1.165, 1.54) is 0 Å². The number of hydrogen-bond donors (Lipinski definition) is 1. The Morgan fingerprint density at radius 1 is 1.20 bits per heavy atom. The fourth-order valence-electron chi connectivity index (χ4n) is 2.84. The second kappa shape index (κ2) is 11.5. The Hall–Kier alpha value is -1.94. The molecule has 0 bridgehead atoms. The lowest BCUT2D eigenvalue weighted by molar-refractivity contribution is -0.123. The quantitative estimate of drug-likeness (QED) is 0.409. The number of carbonyl (C=O) groups is 1. The Kier molecular flexibility index (Phi) is 8.68. The Morgan fingerprint density at radius 3 is 2.63 bits per heavy atom. The molecule has 0 aromatic heterocycles. The van der Waals surface area contributed by atoms with E-state index in [0.717, 1.165) is 33.2 Å². The van der Waals surface area contributed by atoms with E-state index in [-0.39, 0.29) is 5.91 Å². The number of carbonyl (C=O) groups excluding carboxylic acids is 1. The molecule has 1 aliphatic heterocycles. The van der Waals surface area contributed by atoms with Crippen LogP contribution < -0.4 is 14.9 Å². The predicted octanol–water partition coefficient (Wildman–Crippen LogP) is 3.58.